The van der Waals surface area contributed by atoms with E-state index in [2.05, 4.69) is 25.2 Å². The van der Waals surface area contributed by atoms with Crippen LogP contribution in [0.4, 0.5) is 0 Å². The number of carbonyl (C=O) groups is 1. The Kier molecular flexibility index (Phi) is 6.12. The standard InChI is InChI=1S/C18H22N2O2S/c1-12(2)8-9-23-18-15(11-19)14(10-17(21)20-18)13-6-4-5-7-16(13)22-3/h4-7,12,14H,8-10H2,1-3H3,(H,20,21). The summed E-state index contributed by atoms with van der Waals surface area (Å²) in [6.07, 6.45) is 1.32. The summed E-state index contributed by atoms with van der Waals surface area (Å²) in [5.41, 5.74) is 1.52. The van der Waals surface area contributed by atoms with Crippen molar-refractivity contribution in [2.45, 2.75) is 32.6 Å². The summed E-state index contributed by atoms with van der Waals surface area (Å²) in [5, 5.41) is 13.2. The van der Waals surface area contributed by atoms with E-state index in [1.54, 1.807) is 18.9 Å². The van der Waals surface area contributed by atoms with Crippen LogP contribution in [0.15, 0.2) is 34.9 Å². The van der Waals surface area contributed by atoms with Crippen LogP contribution in [0.5, 0.6) is 5.75 Å². The number of benzene rings is 1. The Bertz CT molecular complexity index is 647. The number of rotatable bonds is 6. The van der Waals surface area contributed by atoms with E-state index in [0.29, 0.717) is 22.3 Å². The first-order chi connectivity index (χ1) is 11.1. The number of allylic oxidation sites excluding steroid dienone is 1. The number of ether oxygens (including phenoxy) is 1. The lowest BCUT2D eigenvalue weighted by Crippen LogP contribution is -2.31. The van der Waals surface area contributed by atoms with Crippen LogP contribution in [0.25, 0.3) is 0 Å². The number of methoxy groups -OCH3 is 1. The fraction of sp³-hybridized carbons (Fsp3) is 0.444. The van der Waals surface area contributed by atoms with Crippen LogP contribution in [0.1, 0.15) is 38.2 Å². The highest BCUT2D eigenvalue weighted by atomic mass is 32.2. The van der Waals surface area contributed by atoms with E-state index in [1.165, 1.54) is 0 Å². The molecule has 5 heteroatoms. The first-order valence-corrected chi connectivity index (χ1v) is 8.75. The summed E-state index contributed by atoms with van der Waals surface area (Å²) in [6.45, 7) is 4.33. The molecule has 1 aliphatic heterocycles. The van der Waals surface area contributed by atoms with E-state index in [1.807, 2.05) is 24.3 Å². The van der Waals surface area contributed by atoms with Crippen LogP contribution in [0.2, 0.25) is 0 Å². The highest BCUT2D eigenvalue weighted by molar-refractivity contribution is 8.03. The topological polar surface area (TPSA) is 62.1 Å². The van der Waals surface area contributed by atoms with Gasteiger partial charge in [-0.25, -0.2) is 0 Å². The Balaban J connectivity index is 2.34. The van der Waals surface area contributed by atoms with Gasteiger partial charge in [0.05, 0.1) is 23.8 Å². The monoisotopic (exact) mass is 330 g/mol. The molecule has 0 radical (unpaired) electrons. The smallest absolute Gasteiger partial charge is 0.225 e. The van der Waals surface area contributed by atoms with Gasteiger partial charge in [0.2, 0.25) is 5.91 Å². The van der Waals surface area contributed by atoms with Crippen molar-refractivity contribution in [2.75, 3.05) is 12.9 Å². The molecule has 1 N–H and O–H groups in total. The van der Waals surface area contributed by atoms with Gasteiger partial charge in [-0.1, -0.05) is 32.0 Å². The number of nitrogens with one attached hydrogen (secondary N) is 1. The van der Waals surface area contributed by atoms with Crippen molar-refractivity contribution in [3.8, 4) is 11.8 Å². The molecule has 4 nitrogen and oxygen atoms in total. The molecular formula is C18H22N2O2S. The van der Waals surface area contributed by atoms with E-state index < -0.39 is 0 Å². The molecule has 122 valence electrons. The third-order valence-electron chi connectivity index (χ3n) is 3.81. The van der Waals surface area contributed by atoms with E-state index in [4.69, 9.17) is 4.74 Å². The summed E-state index contributed by atoms with van der Waals surface area (Å²) >= 11 is 1.56. The van der Waals surface area contributed by atoms with Crippen LogP contribution in [-0.4, -0.2) is 18.8 Å². The molecular weight excluding hydrogens is 308 g/mol. The normalized spacial score (nSPS) is 17.9. The molecule has 1 atom stereocenters. The highest BCUT2D eigenvalue weighted by Crippen LogP contribution is 2.39. The van der Waals surface area contributed by atoms with Crippen molar-refractivity contribution < 1.29 is 9.53 Å². The zero-order chi connectivity index (χ0) is 16.8. The SMILES string of the molecule is COc1ccccc1C1CC(=O)NC(SCCC(C)C)=C1C#N. The van der Waals surface area contributed by atoms with Gasteiger partial charge in [0.25, 0.3) is 0 Å². The predicted molar refractivity (Wildman–Crippen MR) is 93.0 cm³/mol. The van der Waals surface area contributed by atoms with E-state index in [0.717, 1.165) is 17.7 Å². The first kappa shape index (κ1) is 17.4. The lowest BCUT2D eigenvalue weighted by molar-refractivity contribution is -0.120. The number of nitriles is 1. The van der Waals surface area contributed by atoms with Gasteiger partial charge in [0.15, 0.2) is 0 Å². The molecule has 1 heterocycles. The Labute approximate surface area is 141 Å². The molecule has 0 aromatic heterocycles. The summed E-state index contributed by atoms with van der Waals surface area (Å²) in [7, 11) is 1.61. The molecule has 2 rings (SSSR count). The van der Waals surface area contributed by atoms with Crippen molar-refractivity contribution in [2.24, 2.45) is 5.92 Å². The zero-order valence-electron chi connectivity index (χ0n) is 13.8. The number of hydrogen-bond acceptors (Lipinski definition) is 4. The molecule has 1 amide bonds. The van der Waals surface area contributed by atoms with Crippen molar-refractivity contribution in [1.29, 1.82) is 5.26 Å². The maximum Gasteiger partial charge on any atom is 0.225 e. The summed E-state index contributed by atoms with van der Waals surface area (Å²) < 4.78 is 5.40. The highest BCUT2D eigenvalue weighted by Gasteiger charge is 2.31. The largest absolute Gasteiger partial charge is 0.496 e. The molecule has 1 aromatic rings. The van der Waals surface area contributed by atoms with E-state index >= 15 is 0 Å². The van der Waals surface area contributed by atoms with Crippen molar-refractivity contribution in [3.05, 3.63) is 40.4 Å². The van der Waals surface area contributed by atoms with Gasteiger partial charge in [0.1, 0.15) is 5.75 Å². The average molecular weight is 330 g/mol. The number of carbonyl (C=O) groups excluding carboxylic acids is 1. The number of nitrogens with zero attached hydrogens (tertiary/aromatic N) is 1. The number of para-hydroxylation sites is 1. The Morgan fingerprint density at radius 2 is 2.17 bits per heavy atom. The second kappa shape index (κ2) is 8.07. The number of thioether (sulfide) groups is 1. The number of hydrogen-bond donors (Lipinski definition) is 1. The summed E-state index contributed by atoms with van der Waals surface area (Å²) in [5.74, 6) is 1.90. The minimum atomic E-state index is -0.244. The predicted octanol–water partition coefficient (Wildman–Crippen LogP) is 3.81. The fourth-order valence-corrected chi connectivity index (χ4v) is 3.87. The van der Waals surface area contributed by atoms with Crippen molar-refractivity contribution in [1.82, 2.24) is 5.32 Å². The maximum atomic E-state index is 12.1. The van der Waals surface area contributed by atoms with Crippen molar-refractivity contribution in [3.63, 3.8) is 0 Å². The zero-order valence-corrected chi connectivity index (χ0v) is 14.6. The van der Waals surface area contributed by atoms with Gasteiger partial charge < -0.3 is 10.1 Å². The molecule has 1 aromatic carbocycles. The van der Waals surface area contributed by atoms with Crippen LogP contribution >= 0.6 is 11.8 Å². The van der Waals surface area contributed by atoms with Crippen LogP contribution in [-0.2, 0) is 4.79 Å². The summed E-state index contributed by atoms with van der Waals surface area (Å²) in [4.78, 5) is 12.1. The van der Waals surface area contributed by atoms with Gasteiger partial charge in [-0.3, -0.25) is 4.79 Å². The lowest BCUT2D eigenvalue weighted by Gasteiger charge is -2.26. The molecule has 0 saturated carbocycles. The Morgan fingerprint density at radius 3 is 2.83 bits per heavy atom. The molecule has 23 heavy (non-hydrogen) atoms. The molecule has 0 bridgehead atoms. The van der Waals surface area contributed by atoms with Gasteiger partial charge in [0, 0.05) is 17.9 Å². The molecule has 0 saturated heterocycles. The third kappa shape index (κ3) is 4.29. The second-order valence-electron chi connectivity index (χ2n) is 5.93. The minimum absolute atomic E-state index is 0.0491. The van der Waals surface area contributed by atoms with Gasteiger partial charge in [-0.2, -0.15) is 5.26 Å². The van der Waals surface area contributed by atoms with E-state index in [9.17, 15) is 10.1 Å². The molecule has 0 spiro atoms. The van der Waals surface area contributed by atoms with Gasteiger partial charge in [-0.15, -0.1) is 11.8 Å². The molecule has 1 aliphatic rings. The minimum Gasteiger partial charge on any atom is -0.496 e. The Morgan fingerprint density at radius 1 is 1.43 bits per heavy atom. The van der Waals surface area contributed by atoms with Crippen LogP contribution in [0.3, 0.4) is 0 Å². The average Bonchev–Trinajstić information content (AvgIpc) is 2.54. The molecule has 0 aliphatic carbocycles. The molecule has 1 unspecified atom stereocenters. The third-order valence-corrected chi connectivity index (χ3v) is 4.86. The quantitative estimate of drug-likeness (QED) is 0.861. The maximum absolute atomic E-state index is 12.1. The van der Waals surface area contributed by atoms with Crippen molar-refractivity contribution >= 4 is 17.7 Å². The molecule has 0 fully saturated rings. The van der Waals surface area contributed by atoms with Gasteiger partial charge in [-0.05, 0) is 24.2 Å². The first-order valence-electron chi connectivity index (χ1n) is 7.76. The Hall–Kier alpha value is -1.93. The van der Waals surface area contributed by atoms with Crippen LogP contribution in [0, 0.1) is 17.2 Å². The van der Waals surface area contributed by atoms with Crippen LogP contribution < -0.4 is 10.1 Å². The lowest BCUT2D eigenvalue weighted by atomic mass is 9.86. The summed E-state index contributed by atoms with van der Waals surface area (Å²) in [6, 6.07) is 9.89. The van der Waals surface area contributed by atoms with Gasteiger partial charge >= 0.3 is 0 Å². The van der Waals surface area contributed by atoms with E-state index in [-0.39, 0.29) is 18.2 Å². The number of amides is 1. The fourth-order valence-electron chi connectivity index (χ4n) is 2.55. The second-order valence-corrected chi connectivity index (χ2v) is 7.04.